The van der Waals surface area contributed by atoms with Crippen molar-refractivity contribution in [1.29, 1.82) is 0 Å². The Hall–Kier alpha value is -1.64. The van der Waals surface area contributed by atoms with Gasteiger partial charge >= 0.3 is 5.97 Å². The lowest BCUT2D eigenvalue weighted by atomic mass is 10.2. The highest BCUT2D eigenvalue weighted by atomic mass is 32.2. The SMILES string of the molecule is CCCCCCn1nnc(S(=O)(=O)CC(=O)O)c1N. The van der Waals surface area contributed by atoms with Gasteiger partial charge in [-0.05, 0) is 6.42 Å². The summed E-state index contributed by atoms with van der Waals surface area (Å²) in [6, 6.07) is 0. The summed E-state index contributed by atoms with van der Waals surface area (Å²) in [4.78, 5) is 10.5. The molecule has 108 valence electrons. The Labute approximate surface area is 111 Å². The average Bonchev–Trinajstić information content (AvgIpc) is 2.65. The summed E-state index contributed by atoms with van der Waals surface area (Å²) in [6.45, 7) is 2.56. The minimum atomic E-state index is -4.02. The topological polar surface area (TPSA) is 128 Å². The normalized spacial score (nSPS) is 11.6. The zero-order valence-electron chi connectivity index (χ0n) is 10.7. The smallest absolute Gasteiger partial charge is 0.319 e. The van der Waals surface area contributed by atoms with Crippen molar-refractivity contribution in [2.24, 2.45) is 0 Å². The van der Waals surface area contributed by atoms with Crippen molar-refractivity contribution >= 4 is 21.6 Å². The van der Waals surface area contributed by atoms with Crippen LogP contribution in [0.1, 0.15) is 32.6 Å². The molecule has 0 unspecified atom stereocenters. The van der Waals surface area contributed by atoms with Gasteiger partial charge < -0.3 is 10.8 Å². The highest BCUT2D eigenvalue weighted by Gasteiger charge is 2.26. The van der Waals surface area contributed by atoms with Crippen molar-refractivity contribution in [1.82, 2.24) is 15.0 Å². The first-order chi connectivity index (χ1) is 8.88. The summed E-state index contributed by atoms with van der Waals surface area (Å²) in [5.74, 6) is -2.58. The monoisotopic (exact) mass is 290 g/mol. The summed E-state index contributed by atoms with van der Waals surface area (Å²) < 4.78 is 24.6. The van der Waals surface area contributed by atoms with Crippen LogP contribution in [0.2, 0.25) is 0 Å². The number of sulfone groups is 1. The van der Waals surface area contributed by atoms with Gasteiger partial charge in [-0.1, -0.05) is 31.4 Å². The number of carbonyl (C=O) groups is 1. The Morgan fingerprint density at radius 2 is 2.05 bits per heavy atom. The minimum Gasteiger partial charge on any atom is -0.480 e. The second kappa shape index (κ2) is 6.50. The Kier molecular flexibility index (Phi) is 5.28. The number of aromatic nitrogens is 3. The van der Waals surface area contributed by atoms with E-state index in [9.17, 15) is 13.2 Å². The predicted octanol–water partition coefficient (Wildman–Crippen LogP) is 0.299. The fourth-order valence-corrected chi connectivity index (χ4v) is 2.66. The molecule has 0 atom stereocenters. The number of nitrogens with zero attached hydrogens (tertiary/aromatic N) is 3. The van der Waals surface area contributed by atoms with Crippen LogP contribution in [0.15, 0.2) is 5.03 Å². The van der Waals surface area contributed by atoms with Gasteiger partial charge in [0.1, 0.15) is 0 Å². The molecule has 0 aliphatic carbocycles. The molecule has 0 aromatic carbocycles. The Morgan fingerprint density at radius 3 is 2.63 bits per heavy atom. The molecule has 0 saturated heterocycles. The van der Waals surface area contributed by atoms with Gasteiger partial charge in [0, 0.05) is 6.54 Å². The first-order valence-corrected chi connectivity index (χ1v) is 7.67. The van der Waals surface area contributed by atoms with E-state index in [0.717, 1.165) is 25.7 Å². The van der Waals surface area contributed by atoms with Crippen LogP contribution in [-0.4, -0.2) is 40.2 Å². The van der Waals surface area contributed by atoms with E-state index in [-0.39, 0.29) is 5.82 Å². The maximum Gasteiger partial charge on any atom is 0.319 e. The standard InChI is InChI=1S/C10H18N4O4S/c1-2-3-4-5-6-14-9(11)10(12-13-14)19(17,18)7-8(15)16/h2-7,11H2,1H3,(H,15,16). The molecule has 9 heteroatoms. The highest BCUT2D eigenvalue weighted by Crippen LogP contribution is 2.16. The van der Waals surface area contributed by atoms with Gasteiger partial charge in [-0.3, -0.25) is 4.79 Å². The fourth-order valence-electron chi connectivity index (χ4n) is 1.61. The van der Waals surface area contributed by atoms with Gasteiger partial charge in [-0.15, -0.1) is 5.10 Å². The van der Waals surface area contributed by atoms with E-state index in [0.29, 0.717) is 6.54 Å². The number of nitrogens with two attached hydrogens (primary N) is 1. The average molecular weight is 290 g/mol. The van der Waals surface area contributed by atoms with E-state index in [1.165, 1.54) is 4.68 Å². The molecule has 0 bridgehead atoms. The summed E-state index contributed by atoms with van der Waals surface area (Å²) in [6.07, 6.45) is 3.98. The summed E-state index contributed by atoms with van der Waals surface area (Å²) >= 11 is 0. The van der Waals surface area contributed by atoms with Crippen molar-refractivity contribution in [3.05, 3.63) is 0 Å². The van der Waals surface area contributed by atoms with Gasteiger partial charge in [0.15, 0.2) is 11.6 Å². The summed E-state index contributed by atoms with van der Waals surface area (Å²) in [7, 11) is -4.02. The Balaban J connectivity index is 2.78. The molecular formula is C10H18N4O4S. The number of aryl methyl sites for hydroxylation is 1. The van der Waals surface area contributed by atoms with Crippen molar-refractivity contribution in [2.75, 3.05) is 11.5 Å². The maximum atomic E-state index is 11.7. The van der Waals surface area contributed by atoms with Crippen LogP contribution in [0, 0.1) is 0 Å². The molecule has 3 N–H and O–H groups in total. The van der Waals surface area contributed by atoms with Crippen molar-refractivity contribution in [3.63, 3.8) is 0 Å². The molecule has 0 fully saturated rings. The number of aliphatic carboxylic acids is 1. The van der Waals surface area contributed by atoms with Crippen LogP contribution >= 0.6 is 0 Å². The van der Waals surface area contributed by atoms with E-state index in [1.54, 1.807) is 0 Å². The third-order valence-electron chi connectivity index (χ3n) is 2.57. The molecule has 0 amide bonds. The molecule has 1 aromatic heterocycles. The zero-order valence-corrected chi connectivity index (χ0v) is 11.6. The van der Waals surface area contributed by atoms with Crippen molar-refractivity contribution in [2.45, 2.75) is 44.2 Å². The van der Waals surface area contributed by atoms with Crippen LogP contribution in [0.25, 0.3) is 0 Å². The van der Waals surface area contributed by atoms with Crippen LogP contribution in [0.5, 0.6) is 0 Å². The van der Waals surface area contributed by atoms with Crippen molar-refractivity contribution < 1.29 is 18.3 Å². The summed E-state index contributed by atoms with van der Waals surface area (Å²) in [5.41, 5.74) is 5.65. The molecule has 0 aliphatic heterocycles. The van der Waals surface area contributed by atoms with Gasteiger partial charge in [-0.2, -0.15) is 0 Å². The van der Waals surface area contributed by atoms with E-state index in [2.05, 4.69) is 17.2 Å². The number of anilines is 1. The number of unbranched alkanes of at least 4 members (excludes halogenated alkanes) is 3. The fraction of sp³-hybridized carbons (Fsp3) is 0.700. The molecule has 0 spiro atoms. The molecule has 1 aromatic rings. The maximum absolute atomic E-state index is 11.7. The van der Waals surface area contributed by atoms with Crippen molar-refractivity contribution in [3.8, 4) is 0 Å². The highest BCUT2D eigenvalue weighted by molar-refractivity contribution is 7.92. The van der Waals surface area contributed by atoms with Crippen LogP contribution in [-0.2, 0) is 21.2 Å². The Bertz CT molecular complexity index is 538. The third kappa shape index (κ3) is 4.19. The number of rotatable bonds is 8. The molecule has 0 saturated carbocycles. The lowest BCUT2D eigenvalue weighted by Crippen LogP contribution is -2.17. The lowest BCUT2D eigenvalue weighted by Gasteiger charge is -2.03. The second-order valence-electron chi connectivity index (χ2n) is 4.22. The van der Waals surface area contributed by atoms with E-state index >= 15 is 0 Å². The van der Waals surface area contributed by atoms with E-state index in [4.69, 9.17) is 10.8 Å². The van der Waals surface area contributed by atoms with Gasteiger partial charge in [0.2, 0.25) is 14.9 Å². The zero-order chi connectivity index (χ0) is 14.5. The first kappa shape index (κ1) is 15.4. The quantitative estimate of drug-likeness (QED) is 0.659. The molecule has 1 heterocycles. The van der Waals surface area contributed by atoms with Crippen LogP contribution < -0.4 is 5.73 Å². The number of hydrogen-bond donors (Lipinski definition) is 2. The van der Waals surface area contributed by atoms with E-state index in [1.807, 2.05) is 0 Å². The van der Waals surface area contributed by atoms with Gasteiger partial charge in [0.25, 0.3) is 0 Å². The first-order valence-electron chi connectivity index (χ1n) is 6.02. The largest absolute Gasteiger partial charge is 0.480 e. The van der Waals surface area contributed by atoms with Gasteiger partial charge in [0.05, 0.1) is 0 Å². The van der Waals surface area contributed by atoms with Crippen LogP contribution in [0.3, 0.4) is 0 Å². The molecule has 0 aliphatic rings. The Morgan fingerprint density at radius 1 is 1.37 bits per heavy atom. The predicted molar refractivity (Wildman–Crippen MR) is 68.3 cm³/mol. The summed E-state index contributed by atoms with van der Waals surface area (Å²) in [5, 5.41) is 15.2. The molecule has 8 nitrogen and oxygen atoms in total. The molecule has 1 rings (SSSR count). The number of carboxylic acid groups (broad SMARTS) is 1. The molecular weight excluding hydrogens is 272 g/mol. The number of hydrogen-bond acceptors (Lipinski definition) is 6. The molecule has 0 radical (unpaired) electrons. The molecule has 19 heavy (non-hydrogen) atoms. The lowest BCUT2D eigenvalue weighted by molar-refractivity contribution is -0.134. The number of carboxylic acids is 1. The van der Waals surface area contributed by atoms with Crippen LogP contribution in [0.4, 0.5) is 5.82 Å². The minimum absolute atomic E-state index is 0.0993. The number of nitrogen functional groups attached to an aromatic ring is 1. The van der Waals surface area contributed by atoms with E-state index < -0.39 is 26.6 Å². The van der Waals surface area contributed by atoms with Gasteiger partial charge in [-0.25, -0.2) is 13.1 Å². The second-order valence-corrected chi connectivity index (χ2v) is 6.12. The third-order valence-corrected chi connectivity index (χ3v) is 4.08.